The minimum atomic E-state index is -0.211. The summed E-state index contributed by atoms with van der Waals surface area (Å²) in [6.07, 6.45) is 3.41. The van der Waals surface area contributed by atoms with Crippen molar-refractivity contribution in [1.82, 2.24) is 9.80 Å². The highest BCUT2D eigenvalue weighted by molar-refractivity contribution is 6.21. The van der Waals surface area contributed by atoms with Gasteiger partial charge in [-0.15, -0.1) is 0 Å². The monoisotopic (exact) mass is 287 g/mol. The molecule has 112 valence electrons. The number of carbonyl (C=O) groups excluding carboxylic acids is 2. The largest absolute Gasteiger partial charge is 0.382 e. The van der Waals surface area contributed by atoms with Crippen LogP contribution in [0.2, 0.25) is 0 Å². The summed E-state index contributed by atoms with van der Waals surface area (Å²) >= 11 is 0. The fraction of sp³-hybridized carbons (Fsp3) is 0.500. The molecule has 2 aliphatic rings. The Morgan fingerprint density at radius 3 is 2.62 bits per heavy atom. The minimum absolute atomic E-state index is 0.209. The van der Waals surface area contributed by atoms with Gasteiger partial charge in [0.2, 0.25) is 0 Å². The van der Waals surface area contributed by atoms with Gasteiger partial charge in [0, 0.05) is 18.8 Å². The van der Waals surface area contributed by atoms with Gasteiger partial charge in [0.25, 0.3) is 11.8 Å². The molecular formula is C16H21N3O2. The molecule has 5 nitrogen and oxygen atoms in total. The maximum absolute atomic E-state index is 12.0. The summed E-state index contributed by atoms with van der Waals surface area (Å²) in [6.45, 7) is 2.23. The van der Waals surface area contributed by atoms with Gasteiger partial charge in [-0.3, -0.25) is 14.5 Å². The topological polar surface area (TPSA) is 52.7 Å². The first-order valence-corrected chi connectivity index (χ1v) is 7.48. The third-order valence-corrected chi connectivity index (χ3v) is 4.41. The van der Waals surface area contributed by atoms with Crippen LogP contribution in [0.1, 0.15) is 40.0 Å². The van der Waals surface area contributed by atoms with Crippen LogP contribution >= 0.6 is 0 Å². The minimum Gasteiger partial charge on any atom is -0.382 e. The number of hydrogen-bond acceptors (Lipinski definition) is 4. The number of nitrogens with one attached hydrogen (secondary N) is 1. The zero-order chi connectivity index (χ0) is 15.0. The molecule has 1 aromatic carbocycles. The lowest BCUT2D eigenvalue weighted by atomic mass is 10.1. The lowest BCUT2D eigenvalue weighted by Gasteiger charge is -2.18. The quantitative estimate of drug-likeness (QED) is 0.843. The molecule has 0 saturated carbocycles. The van der Waals surface area contributed by atoms with Gasteiger partial charge in [-0.25, -0.2) is 0 Å². The van der Waals surface area contributed by atoms with Crippen LogP contribution < -0.4 is 5.32 Å². The van der Waals surface area contributed by atoms with E-state index in [0.29, 0.717) is 17.2 Å². The molecule has 1 saturated heterocycles. The van der Waals surface area contributed by atoms with E-state index in [9.17, 15) is 9.59 Å². The Bertz CT molecular complexity index is 585. The molecule has 0 aromatic heterocycles. The molecule has 1 fully saturated rings. The van der Waals surface area contributed by atoms with Crippen molar-refractivity contribution in [3.63, 3.8) is 0 Å². The Balaban J connectivity index is 1.76. The van der Waals surface area contributed by atoms with Gasteiger partial charge < -0.3 is 10.2 Å². The number of anilines is 1. The molecule has 0 spiro atoms. The number of likely N-dealkylation sites (tertiary alicyclic amines) is 1. The first kappa shape index (κ1) is 14.1. The summed E-state index contributed by atoms with van der Waals surface area (Å²) in [4.78, 5) is 27.4. The highest BCUT2D eigenvalue weighted by Gasteiger charge is 2.32. The maximum atomic E-state index is 12.0. The molecule has 0 radical (unpaired) electrons. The van der Waals surface area contributed by atoms with E-state index < -0.39 is 0 Å². The third-order valence-electron chi connectivity index (χ3n) is 4.41. The third kappa shape index (κ3) is 2.65. The van der Waals surface area contributed by atoms with E-state index in [-0.39, 0.29) is 11.8 Å². The number of benzene rings is 1. The zero-order valence-electron chi connectivity index (χ0n) is 12.6. The van der Waals surface area contributed by atoms with E-state index in [4.69, 9.17) is 0 Å². The normalized spacial score (nSPS) is 23.1. The number of carbonyl (C=O) groups is 2. The number of rotatable bonds is 2. The fourth-order valence-electron chi connectivity index (χ4n) is 3.07. The molecule has 2 aliphatic heterocycles. The second kappa shape index (κ2) is 5.48. The van der Waals surface area contributed by atoms with Gasteiger partial charge in [-0.2, -0.15) is 0 Å². The van der Waals surface area contributed by atoms with E-state index in [1.54, 1.807) is 6.07 Å². The van der Waals surface area contributed by atoms with Crippen LogP contribution in [0.3, 0.4) is 0 Å². The summed E-state index contributed by atoms with van der Waals surface area (Å²) in [5, 5.41) is 3.51. The van der Waals surface area contributed by atoms with E-state index in [2.05, 4.69) is 17.3 Å². The van der Waals surface area contributed by atoms with Gasteiger partial charge in [0.1, 0.15) is 0 Å². The number of nitrogens with zero attached hydrogens (tertiary/aromatic N) is 2. The van der Waals surface area contributed by atoms with E-state index >= 15 is 0 Å². The lowest BCUT2D eigenvalue weighted by Crippen LogP contribution is -2.24. The average Bonchev–Trinajstić information content (AvgIpc) is 2.63. The van der Waals surface area contributed by atoms with Gasteiger partial charge in [-0.05, 0) is 57.6 Å². The van der Waals surface area contributed by atoms with Crippen molar-refractivity contribution in [2.24, 2.45) is 0 Å². The van der Waals surface area contributed by atoms with Crippen LogP contribution in [0, 0.1) is 0 Å². The van der Waals surface area contributed by atoms with Crippen LogP contribution in [0.25, 0.3) is 0 Å². The summed E-state index contributed by atoms with van der Waals surface area (Å²) < 4.78 is 0. The predicted molar refractivity (Wildman–Crippen MR) is 81.6 cm³/mol. The molecule has 21 heavy (non-hydrogen) atoms. The fourth-order valence-corrected chi connectivity index (χ4v) is 3.07. The first-order valence-electron chi connectivity index (χ1n) is 7.48. The molecule has 1 atom stereocenters. The molecule has 5 heteroatoms. The summed E-state index contributed by atoms with van der Waals surface area (Å²) in [5.74, 6) is -0.420. The zero-order valence-corrected chi connectivity index (χ0v) is 12.6. The molecule has 1 aromatic rings. The molecule has 0 aliphatic carbocycles. The molecule has 0 bridgehead atoms. The van der Waals surface area contributed by atoms with Crippen molar-refractivity contribution in [3.8, 4) is 0 Å². The Kier molecular flexibility index (Phi) is 3.68. The van der Waals surface area contributed by atoms with Crippen LogP contribution in [0.4, 0.5) is 5.69 Å². The molecule has 2 amide bonds. The number of amides is 2. The molecular weight excluding hydrogens is 266 g/mol. The van der Waals surface area contributed by atoms with Crippen LogP contribution in [-0.4, -0.2) is 54.8 Å². The second-order valence-corrected chi connectivity index (χ2v) is 6.01. The van der Waals surface area contributed by atoms with Gasteiger partial charge >= 0.3 is 0 Å². The van der Waals surface area contributed by atoms with E-state index in [1.807, 2.05) is 12.1 Å². The highest BCUT2D eigenvalue weighted by Crippen LogP contribution is 2.26. The predicted octanol–water partition coefficient (Wildman–Crippen LogP) is 1.81. The standard InChI is InChI=1S/C16H21N3O2/c1-18-8-3-4-11(7-9-18)17-12-5-6-13-14(10-12)16(21)19(2)15(13)20/h5-6,10-11,17H,3-4,7-9H2,1-2H3. The van der Waals surface area contributed by atoms with Crippen molar-refractivity contribution < 1.29 is 9.59 Å². The van der Waals surface area contributed by atoms with Crippen molar-refractivity contribution in [2.75, 3.05) is 32.5 Å². The summed E-state index contributed by atoms with van der Waals surface area (Å²) in [5.41, 5.74) is 1.95. The second-order valence-electron chi connectivity index (χ2n) is 6.01. The van der Waals surface area contributed by atoms with Crippen molar-refractivity contribution in [2.45, 2.75) is 25.3 Å². The summed E-state index contributed by atoms with van der Waals surface area (Å²) in [7, 11) is 3.68. The Morgan fingerprint density at radius 1 is 1.05 bits per heavy atom. The highest BCUT2D eigenvalue weighted by atomic mass is 16.2. The van der Waals surface area contributed by atoms with Crippen molar-refractivity contribution >= 4 is 17.5 Å². The van der Waals surface area contributed by atoms with Crippen molar-refractivity contribution in [1.29, 1.82) is 0 Å². The first-order chi connectivity index (χ1) is 10.1. The van der Waals surface area contributed by atoms with Gasteiger partial charge in [0.15, 0.2) is 0 Å². The van der Waals surface area contributed by atoms with E-state index in [0.717, 1.165) is 31.6 Å². The van der Waals surface area contributed by atoms with Crippen molar-refractivity contribution in [3.05, 3.63) is 29.3 Å². The molecule has 1 N–H and O–H groups in total. The van der Waals surface area contributed by atoms with Crippen LogP contribution in [0.15, 0.2) is 18.2 Å². The summed E-state index contributed by atoms with van der Waals surface area (Å²) in [6, 6.07) is 5.90. The maximum Gasteiger partial charge on any atom is 0.261 e. The van der Waals surface area contributed by atoms with Crippen LogP contribution in [-0.2, 0) is 0 Å². The Hall–Kier alpha value is -1.88. The molecule has 3 rings (SSSR count). The molecule has 1 unspecified atom stereocenters. The Labute approximate surface area is 124 Å². The van der Waals surface area contributed by atoms with E-state index in [1.165, 1.54) is 18.4 Å². The average molecular weight is 287 g/mol. The molecule has 2 heterocycles. The SMILES string of the molecule is CN1CCCC(Nc2ccc3c(c2)C(=O)N(C)C3=O)CC1. The van der Waals surface area contributed by atoms with Gasteiger partial charge in [0.05, 0.1) is 11.1 Å². The number of imide groups is 1. The Morgan fingerprint density at radius 2 is 1.81 bits per heavy atom. The van der Waals surface area contributed by atoms with Crippen LogP contribution in [0.5, 0.6) is 0 Å². The smallest absolute Gasteiger partial charge is 0.261 e. The van der Waals surface area contributed by atoms with Gasteiger partial charge in [-0.1, -0.05) is 0 Å². The number of fused-ring (bicyclic) bond motifs is 1. The number of hydrogen-bond donors (Lipinski definition) is 1. The lowest BCUT2D eigenvalue weighted by molar-refractivity contribution is 0.0693.